The summed E-state index contributed by atoms with van der Waals surface area (Å²) in [5.41, 5.74) is 1.44. The van der Waals surface area contributed by atoms with E-state index in [1.807, 2.05) is 20.8 Å². The first-order valence-corrected chi connectivity index (χ1v) is 12.6. The third kappa shape index (κ3) is 7.82. The van der Waals surface area contributed by atoms with Gasteiger partial charge in [-0.1, -0.05) is 41.7 Å². The van der Waals surface area contributed by atoms with Crippen LogP contribution in [-0.2, 0) is 30.4 Å². The first-order chi connectivity index (χ1) is 17.2. The van der Waals surface area contributed by atoms with Gasteiger partial charge in [-0.05, 0) is 55.9 Å². The predicted molar refractivity (Wildman–Crippen MR) is 137 cm³/mol. The highest BCUT2D eigenvalue weighted by atomic mass is 35.5. The van der Waals surface area contributed by atoms with Gasteiger partial charge in [-0.3, -0.25) is 9.78 Å². The largest absolute Gasteiger partial charge is 0.512 e. The molecule has 1 aromatic heterocycles. The van der Waals surface area contributed by atoms with E-state index in [9.17, 15) is 28.2 Å². The molecule has 0 saturated heterocycles. The number of aromatic nitrogens is 1. The number of hydrogen-bond acceptors (Lipinski definition) is 5. The van der Waals surface area contributed by atoms with Crippen LogP contribution in [-0.4, -0.2) is 37.7 Å². The van der Waals surface area contributed by atoms with Gasteiger partial charge in [-0.2, -0.15) is 13.2 Å². The van der Waals surface area contributed by atoms with Crippen LogP contribution in [0.15, 0.2) is 23.6 Å². The van der Waals surface area contributed by atoms with Crippen molar-refractivity contribution in [2.45, 2.75) is 65.6 Å². The Bertz CT molecular complexity index is 1180. The normalized spacial score (nSPS) is 12.9. The fourth-order valence-electron chi connectivity index (χ4n) is 3.64. The van der Waals surface area contributed by atoms with Crippen LogP contribution >= 0.6 is 34.8 Å². The van der Waals surface area contributed by atoms with Gasteiger partial charge in [0.25, 0.3) is 0 Å². The summed E-state index contributed by atoms with van der Waals surface area (Å²) in [5.74, 6) is -0.692. The highest BCUT2D eigenvalue weighted by molar-refractivity contribution is 6.37. The number of fused-ring (bicyclic) bond motifs is 1. The number of allylic oxidation sites excluding steroid dienone is 2. The number of pyridine rings is 1. The van der Waals surface area contributed by atoms with Crippen LogP contribution in [0.5, 0.6) is 11.5 Å². The molecular formula is C25H28Cl3F3N2O4. The molecule has 0 fully saturated rings. The lowest BCUT2D eigenvalue weighted by molar-refractivity contribution is -0.137. The molecule has 2 aromatic rings. The van der Waals surface area contributed by atoms with Crippen LogP contribution in [0.1, 0.15) is 62.4 Å². The monoisotopic (exact) mass is 582 g/mol. The summed E-state index contributed by atoms with van der Waals surface area (Å²) in [7, 11) is 0. The molecule has 2 heterocycles. The van der Waals surface area contributed by atoms with E-state index in [2.05, 4.69) is 4.98 Å². The molecule has 0 bridgehead atoms. The Morgan fingerprint density at radius 2 is 1.70 bits per heavy atom. The summed E-state index contributed by atoms with van der Waals surface area (Å²) in [5, 5.41) is 28.4. The van der Waals surface area contributed by atoms with Gasteiger partial charge in [0.1, 0.15) is 0 Å². The van der Waals surface area contributed by atoms with Crippen LogP contribution in [0.25, 0.3) is 0 Å². The summed E-state index contributed by atoms with van der Waals surface area (Å²) in [4.78, 5) is 17.9. The molecule has 3 rings (SSSR count). The van der Waals surface area contributed by atoms with Crippen LogP contribution < -0.4 is 0 Å². The number of phenols is 2. The number of nitrogens with zero attached hydrogens (tertiary/aromatic N) is 2. The molecule has 0 unspecified atom stereocenters. The standard InChI is InChI=1S/C19H16Cl3F3N2O3.C6H12O/c20-12-6-9(19(23,24)25)7-26-13(12)2-1-3-14(28)27-5-4-10-11(8-27)16(22)18(30)17(29)15(10)21;1-4-6(7)5(2)3/h6-7,29-30H,1-5,8H2;7H,4H2,1-3H3. The first kappa shape index (κ1) is 30.9. The van der Waals surface area contributed by atoms with Crippen molar-refractivity contribution >= 4 is 40.7 Å². The van der Waals surface area contributed by atoms with Gasteiger partial charge in [-0.25, -0.2) is 0 Å². The van der Waals surface area contributed by atoms with Crippen LogP contribution in [0.4, 0.5) is 13.2 Å². The van der Waals surface area contributed by atoms with Gasteiger partial charge in [0.15, 0.2) is 11.5 Å². The smallest absolute Gasteiger partial charge is 0.417 e. The van der Waals surface area contributed by atoms with E-state index in [0.29, 0.717) is 36.3 Å². The van der Waals surface area contributed by atoms with Gasteiger partial charge >= 0.3 is 6.18 Å². The second kappa shape index (κ2) is 12.9. The minimum Gasteiger partial charge on any atom is -0.512 e. The molecule has 1 aliphatic heterocycles. The van der Waals surface area contributed by atoms with E-state index in [0.717, 1.165) is 24.3 Å². The highest BCUT2D eigenvalue weighted by Crippen LogP contribution is 2.46. The number of benzene rings is 1. The molecule has 0 atom stereocenters. The third-order valence-electron chi connectivity index (χ3n) is 5.83. The summed E-state index contributed by atoms with van der Waals surface area (Å²) in [6.45, 7) is 6.21. The zero-order chi connectivity index (χ0) is 28.1. The number of phenolic OH excluding ortho intramolecular Hbond substituents is 2. The molecule has 0 aliphatic carbocycles. The molecule has 1 aromatic carbocycles. The maximum atomic E-state index is 12.7. The Labute approximate surface area is 228 Å². The minimum absolute atomic E-state index is 0.0158. The Morgan fingerprint density at radius 1 is 1.11 bits per heavy atom. The molecule has 0 saturated carbocycles. The summed E-state index contributed by atoms with van der Waals surface area (Å²) in [6, 6.07) is 0.820. The van der Waals surface area contributed by atoms with Gasteiger partial charge in [0.2, 0.25) is 5.91 Å². The number of rotatable bonds is 5. The van der Waals surface area contributed by atoms with Crippen molar-refractivity contribution in [1.29, 1.82) is 0 Å². The molecule has 1 aliphatic rings. The Hall–Kier alpha value is -2.36. The van der Waals surface area contributed by atoms with Crippen molar-refractivity contribution in [3.8, 4) is 11.5 Å². The van der Waals surface area contributed by atoms with E-state index in [4.69, 9.17) is 39.9 Å². The molecule has 204 valence electrons. The SMILES string of the molecule is CCC(O)=C(C)C.O=C(CCCc1ncc(C(F)(F)F)cc1Cl)N1CCc2c(Cl)c(O)c(O)c(Cl)c2C1. The van der Waals surface area contributed by atoms with Gasteiger partial charge in [0.05, 0.1) is 32.1 Å². The predicted octanol–water partition coefficient (Wildman–Crippen LogP) is 7.63. The highest BCUT2D eigenvalue weighted by Gasteiger charge is 2.32. The molecular weight excluding hydrogens is 556 g/mol. The molecule has 3 N–H and O–H groups in total. The number of hydrogen-bond donors (Lipinski definition) is 3. The average molecular weight is 584 g/mol. The lowest BCUT2D eigenvalue weighted by Gasteiger charge is -2.30. The zero-order valence-electron chi connectivity index (χ0n) is 20.5. The zero-order valence-corrected chi connectivity index (χ0v) is 22.8. The third-order valence-corrected chi connectivity index (χ3v) is 6.97. The Balaban J connectivity index is 0.000000604. The number of aromatic hydroxyl groups is 2. The summed E-state index contributed by atoms with van der Waals surface area (Å²) >= 11 is 18.0. The van der Waals surface area contributed by atoms with Gasteiger partial charge < -0.3 is 20.2 Å². The van der Waals surface area contributed by atoms with Crippen molar-refractivity contribution in [2.24, 2.45) is 0 Å². The fraction of sp³-hybridized carbons (Fsp3) is 0.440. The van der Waals surface area contributed by atoms with E-state index in [1.54, 1.807) is 4.90 Å². The number of amides is 1. The molecule has 37 heavy (non-hydrogen) atoms. The van der Waals surface area contributed by atoms with E-state index < -0.39 is 23.2 Å². The van der Waals surface area contributed by atoms with Crippen molar-refractivity contribution in [1.82, 2.24) is 9.88 Å². The quantitative estimate of drug-likeness (QED) is 0.249. The van der Waals surface area contributed by atoms with E-state index in [1.165, 1.54) is 0 Å². The van der Waals surface area contributed by atoms with E-state index >= 15 is 0 Å². The van der Waals surface area contributed by atoms with E-state index in [-0.39, 0.29) is 46.1 Å². The second-order valence-electron chi connectivity index (χ2n) is 8.65. The molecule has 1 amide bonds. The lowest BCUT2D eigenvalue weighted by atomic mass is 9.98. The summed E-state index contributed by atoms with van der Waals surface area (Å²) < 4.78 is 38.0. The molecule has 6 nitrogen and oxygen atoms in total. The number of aliphatic hydroxyl groups excluding tert-OH is 1. The molecule has 12 heteroatoms. The Morgan fingerprint density at radius 3 is 2.19 bits per heavy atom. The van der Waals surface area contributed by atoms with Crippen LogP contribution in [0.3, 0.4) is 0 Å². The Kier molecular flexibility index (Phi) is 10.8. The number of aryl methyl sites for hydroxylation is 1. The lowest BCUT2D eigenvalue weighted by Crippen LogP contribution is -2.36. The number of carbonyl (C=O) groups excluding carboxylic acids is 1. The fourth-order valence-corrected chi connectivity index (χ4v) is 4.46. The topological polar surface area (TPSA) is 93.9 Å². The number of alkyl halides is 3. The molecule has 0 radical (unpaired) electrons. The molecule has 0 spiro atoms. The van der Waals surface area contributed by atoms with Crippen molar-refractivity contribution < 1.29 is 33.3 Å². The second-order valence-corrected chi connectivity index (χ2v) is 9.81. The van der Waals surface area contributed by atoms with Gasteiger partial charge in [0, 0.05) is 32.1 Å². The van der Waals surface area contributed by atoms with Crippen molar-refractivity contribution in [3.05, 3.63) is 61.0 Å². The first-order valence-electron chi connectivity index (χ1n) is 11.4. The van der Waals surface area contributed by atoms with Crippen LogP contribution in [0.2, 0.25) is 15.1 Å². The summed E-state index contributed by atoms with van der Waals surface area (Å²) in [6.07, 6.45) is -1.97. The number of carbonyl (C=O) groups is 1. The maximum Gasteiger partial charge on any atom is 0.417 e. The van der Waals surface area contributed by atoms with Crippen molar-refractivity contribution in [2.75, 3.05) is 6.54 Å². The minimum atomic E-state index is -4.52. The number of aliphatic hydroxyl groups is 1. The van der Waals surface area contributed by atoms with Crippen LogP contribution in [0, 0.1) is 0 Å². The maximum absolute atomic E-state index is 12.7. The van der Waals surface area contributed by atoms with Gasteiger partial charge in [-0.15, -0.1) is 0 Å². The number of halogens is 6. The van der Waals surface area contributed by atoms with Crippen molar-refractivity contribution in [3.63, 3.8) is 0 Å². The average Bonchev–Trinajstić information content (AvgIpc) is 2.85.